The highest BCUT2D eigenvalue weighted by atomic mass is 35.5. The molecule has 2 aromatic carbocycles. The van der Waals surface area contributed by atoms with E-state index in [0.717, 1.165) is 17.7 Å². The van der Waals surface area contributed by atoms with Crippen molar-refractivity contribution in [3.8, 4) is 5.75 Å². The van der Waals surface area contributed by atoms with Gasteiger partial charge in [0.15, 0.2) is 0 Å². The third-order valence-electron chi connectivity index (χ3n) is 4.97. The minimum Gasteiger partial charge on any atom is -0.496 e. The molecule has 0 aromatic heterocycles. The number of rotatable bonds is 6. The lowest BCUT2D eigenvalue weighted by Gasteiger charge is -2.38. The highest BCUT2D eigenvalue weighted by Crippen LogP contribution is 2.41. The summed E-state index contributed by atoms with van der Waals surface area (Å²) in [7, 11) is -2.75. The third-order valence-corrected chi connectivity index (χ3v) is 6.62. The van der Waals surface area contributed by atoms with Crippen molar-refractivity contribution in [2.24, 2.45) is 0 Å². The minimum atomic E-state index is -4.27. The zero-order valence-electron chi connectivity index (χ0n) is 15.2. The number of halogens is 3. The first-order valence-electron chi connectivity index (χ1n) is 8.64. The van der Waals surface area contributed by atoms with Gasteiger partial charge < -0.3 is 9.47 Å². The topological polar surface area (TPSA) is 64.6 Å². The SMILES string of the molecule is COc1ccc(Cl)cc1C1(CNS(=O)(=O)c2cc(F)ccc2F)CCOCC1. The third kappa shape index (κ3) is 4.30. The maximum absolute atomic E-state index is 14.0. The maximum Gasteiger partial charge on any atom is 0.243 e. The van der Waals surface area contributed by atoms with Crippen LogP contribution in [0.5, 0.6) is 5.75 Å². The zero-order valence-corrected chi connectivity index (χ0v) is 16.7. The quantitative estimate of drug-likeness (QED) is 0.758. The van der Waals surface area contributed by atoms with Crippen molar-refractivity contribution < 1.29 is 26.7 Å². The van der Waals surface area contributed by atoms with Gasteiger partial charge in [-0.25, -0.2) is 21.9 Å². The van der Waals surface area contributed by atoms with Gasteiger partial charge in [0.25, 0.3) is 0 Å². The van der Waals surface area contributed by atoms with E-state index in [4.69, 9.17) is 21.1 Å². The molecule has 1 fully saturated rings. The van der Waals surface area contributed by atoms with E-state index in [1.165, 1.54) is 7.11 Å². The molecule has 1 saturated heterocycles. The summed E-state index contributed by atoms with van der Waals surface area (Å²) in [5.74, 6) is -1.28. The lowest BCUT2D eigenvalue weighted by molar-refractivity contribution is 0.0509. The van der Waals surface area contributed by atoms with Crippen LogP contribution < -0.4 is 9.46 Å². The molecule has 0 spiro atoms. The van der Waals surface area contributed by atoms with E-state index >= 15 is 0 Å². The van der Waals surface area contributed by atoms with Gasteiger partial charge in [-0.1, -0.05) is 11.6 Å². The molecule has 1 aliphatic heterocycles. The van der Waals surface area contributed by atoms with Crippen LogP contribution in [-0.2, 0) is 20.2 Å². The predicted octanol–water partition coefficient (Wildman–Crippen LogP) is 3.65. The van der Waals surface area contributed by atoms with Gasteiger partial charge in [-0.2, -0.15) is 0 Å². The summed E-state index contributed by atoms with van der Waals surface area (Å²) < 4.78 is 66.0. The van der Waals surface area contributed by atoms with Crippen LogP contribution in [0.3, 0.4) is 0 Å². The van der Waals surface area contributed by atoms with Crippen LogP contribution in [0, 0.1) is 11.6 Å². The van der Waals surface area contributed by atoms with Crippen molar-refractivity contribution in [2.45, 2.75) is 23.2 Å². The number of nitrogens with one attached hydrogen (secondary N) is 1. The lowest BCUT2D eigenvalue weighted by Crippen LogP contribution is -2.45. The first-order chi connectivity index (χ1) is 13.3. The fourth-order valence-corrected chi connectivity index (χ4v) is 4.78. The van der Waals surface area contributed by atoms with Gasteiger partial charge in [0.1, 0.15) is 22.3 Å². The van der Waals surface area contributed by atoms with Crippen molar-refractivity contribution in [1.82, 2.24) is 4.72 Å². The molecule has 0 bridgehead atoms. The molecule has 1 aliphatic rings. The Bertz CT molecular complexity index is 962. The van der Waals surface area contributed by atoms with Gasteiger partial charge in [0.2, 0.25) is 10.0 Å². The second-order valence-electron chi connectivity index (χ2n) is 6.64. The Kier molecular flexibility index (Phi) is 6.24. The van der Waals surface area contributed by atoms with Crippen molar-refractivity contribution in [3.63, 3.8) is 0 Å². The summed E-state index contributed by atoms with van der Waals surface area (Å²) in [5, 5.41) is 0.487. The Morgan fingerprint density at radius 3 is 2.57 bits per heavy atom. The minimum absolute atomic E-state index is 0.0364. The van der Waals surface area contributed by atoms with E-state index in [-0.39, 0.29) is 6.54 Å². The number of hydrogen-bond donors (Lipinski definition) is 1. The van der Waals surface area contributed by atoms with Crippen molar-refractivity contribution in [3.05, 3.63) is 58.6 Å². The lowest BCUT2D eigenvalue weighted by atomic mass is 9.74. The summed E-state index contributed by atoms with van der Waals surface area (Å²) >= 11 is 6.16. The second-order valence-corrected chi connectivity index (χ2v) is 8.81. The maximum atomic E-state index is 14.0. The molecule has 1 N–H and O–H groups in total. The van der Waals surface area contributed by atoms with E-state index in [1.54, 1.807) is 18.2 Å². The molecule has 0 unspecified atom stereocenters. The van der Waals surface area contributed by atoms with Crippen molar-refractivity contribution in [1.29, 1.82) is 0 Å². The van der Waals surface area contributed by atoms with Gasteiger partial charge >= 0.3 is 0 Å². The van der Waals surface area contributed by atoms with Crippen molar-refractivity contribution in [2.75, 3.05) is 26.9 Å². The van der Waals surface area contributed by atoms with Gasteiger partial charge in [-0.15, -0.1) is 0 Å². The molecule has 0 atom stereocenters. The van der Waals surface area contributed by atoms with E-state index in [0.29, 0.717) is 42.9 Å². The molecule has 28 heavy (non-hydrogen) atoms. The molecule has 0 amide bonds. The van der Waals surface area contributed by atoms with Crippen LogP contribution in [0.15, 0.2) is 41.3 Å². The summed E-state index contributed by atoms with van der Waals surface area (Å²) in [6, 6.07) is 7.45. The number of hydrogen-bond acceptors (Lipinski definition) is 4. The van der Waals surface area contributed by atoms with Crippen molar-refractivity contribution >= 4 is 21.6 Å². The Hall–Kier alpha value is -1.74. The molecule has 1 heterocycles. The first-order valence-corrected chi connectivity index (χ1v) is 10.5. The number of benzene rings is 2. The van der Waals surface area contributed by atoms with Crippen LogP contribution in [0.2, 0.25) is 5.02 Å². The Balaban J connectivity index is 1.96. The molecular formula is C19H20ClF2NO4S. The molecular weight excluding hydrogens is 412 g/mol. The molecule has 0 aliphatic carbocycles. The summed E-state index contributed by atoms with van der Waals surface area (Å²) in [5.41, 5.74) is 0.0824. The zero-order chi connectivity index (χ0) is 20.4. The van der Waals surface area contributed by atoms with Gasteiger partial charge in [0, 0.05) is 35.8 Å². The first kappa shape index (κ1) is 21.0. The average Bonchev–Trinajstić information content (AvgIpc) is 2.69. The molecule has 3 rings (SSSR count). The molecule has 0 saturated carbocycles. The predicted molar refractivity (Wildman–Crippen MR) is 101 cm³/mol. The molecule has 0 radical (unpaired) electrons. The van der Waals surface area contributed by atoms with E-state index in [9.17, 15) is 17.2 Å². The number of sulfonamides is 1. The molecule has 5 nitrogen and oxygen atoms in total. The van der Waals surface area contributed by atoms with Crippen LogP contribution in [0.1, 0.15) is 18.4 Å². The fourth-order valence-electron chi connectivity index (χ4n) is 3.39. The molecule has 2 aromatic rings. The largest absolute Gasteiger partial charge is 0.496 e. The summed E-state index contributed by atoms with van der Waals surface area (Å²) in [4.78, 5) is -0.729. The standard InChI is InChI=1S/C19H20ClF2NO4S/c1-26-17-5-2-13(20)10-15(17)19(6-8-27-9-7-19)12-23-28(24,25)18-11-14(21)3-4-16(18)22/h2-5,10-11,23H,6-9,12H2,1H3. The van der Waals surface area contributed by atoms with E-state index < -0.39 is 32.0 Å². The van der Waals surface area contributed by atoms with Gasteiger partial charge in [-0.3, -0.25) is 0 Å². The Morgan fingerprint density at radius 1 is 1.18 bits per heavy atom. The Morgan fingerprint density at radius 2 is 1.89 bits per heavy atom. The summed E-state index contributed by atoms with van der Waals surface area (Å²) in [6.07, 6.45) is 1.02. The highest BCUT2D eigenvalue weighted by molar-refractivity contribution is 7.89. The Labute approximate surface area is 167 Å². The number of methoxy groups -OCH3 is 1. The average molecular weight is 432 g/mol. The van der Waals surface area contributed by atoms with Gasteiger partial charge in [-0.05, 0) is 49.2 Å². The highest BCUT2D eigenvalue weighted by Gasteiger charge is 2.38. The van der Waals surface area contributed by atoms with E-state index in [1.807, 2.05) is 0 Å². The van der Waals surface area contributed by atoms with Crippen LogP contribution in [0.4, 0.5) is 8.78 Å². The molecule has 152 valence electrons. The summed E-state index contributed by atoms with van der Waals surface area (Å²) in [6.45, 7) is 0.808. The second kappa shape index (κ2) is 8.32. The fraction of sp³-hybridized carbons (Fsp3) is 0.368. The van der Waals surface area contributed by atoms with Crippen LogP contribution >= 0.6 is 11.6 Å². The smallest absolute Gasteiger partial charge is 0.243 e. The normalized spacial score (nSPS) is 16.7. The van der Waals surface area contributed by atoms with Crippen LogP contribution in [0.25, 0.3) is 0 Å². The van der Waals surface area contributed by atoms with E-state index in [2.05, 4.69) is 4.72 Å². The van der Waals surface area contributed by atoms with Gasteiger partial charge in [0.05, 0.1) is 7.11 Å². The molecule has 9 heteroatoms. The number of ether oxygens (including phenoxy) is 2. The monoisotopic (exact) mass is 431 g/mol. The van der Waals surface area contributed by atoms with Crippen LogP contribution in [-0.4, -0.2) is 35.3 Å².